The molecule has 2 aromatic rings. The van der Waals surface area contributed by atoms with Crippen LogP contribution in [0.15, 0.2) is 48.5 Å². The van der Waals surface area contributed by atoms with Crippen molar-refractivity contribution in [2.45, 2.75) is 13.0 Å². The summed E-state index contributed by atoms with van der Waals surface area (Å²) in [6, 6.07) is 15.3. The molecule has 0 bridgehead atoms. The molecule has 23 heavy (non-hydrogen) atoms. The van der Waals surface area contributed by atoms with Gasteiger partial charge in [-0.2, -0.15) is 0 Å². The first-order valence-corrected chi connectivity index (χ1v) is 7.92. The zero-order valence-corrected chi connectivity index (χ0v) is 13.1. The van der Waals surface area contributed by atoms with E-state index in [2.05, 4.69) is 21.6 Å². The predicted octanol–water partition coefficient (Wildman–Crippen LogP) is 2.65. The van der Waals surface area contributed by atoms with Crippen LogP contribution in [0.2, 0.25) is 0 Å². The van der Waals surface area contributed by atoms with Gasteiger partial charge in [-0.15, -0.1) is 0 Å². The molecule has 1 heterocycles. The first-order chi connectivity index (χ1) is 11.3. The number of anilines is 2. The standard InChI is InChI=1S/C18H22N4O/c19-10-12-22-11-9-16-14(13-22)5-4-8-17(16)21-18(23)20-15-6-2-1-3-7-15/h1-8H,9-13,19H2,(H2,20,21,23). The van der Waals surface area contributed by atoms with Crippen molar-refractivity contribution in [3.05, 3.63) is 59.7 Å². The van der Waals surface area contributed by atoms with Crippen molar-refractivity contribution in [3.8, 4) is 0 Å². The number of amides is 2. The van der Waals surface area contributed by atoms with Crippen LogP contribution in [0.1, 0.15) is 11.1 Å². The molecule has 0 fully saturated rings. The maximum atomic E-state index is 12.2. The fraction of sp³-hybridized carbons (Fsp3) is 0.278. The largest absolute Gasteiger partial charge is 0.329 e. The van der Waals surface area contributed by atoms with Crippen molar-refractivity contribution in [1.82, 2.24) is 4.90 Å². The molecule has 1 aliphatic rings. The fourth-order valence-electron chi connectivity index (χ4n) is 2.96. The van der Waals surface area contributed by atoms with E-state index < -0.39 is 0 Å². The fourth-order valence-corrected chi connectivity index (χ4v) is 2.96. The number of urea groups is 1. The van der Waals surface area contributed by atoms with Gasteiger partial charge >= 0.3 is 6.03 Å². The van der Waals surface area contributed by atoms with Gasteiger partial charge in [0.1, 0.15) is 0 Å². The molecule has 120 valence electrons. The van der Waals surface area contributed by atoms with Gasteiger partial charge in [-0.05, 0) is 35.7 Å². The lowest BCUT2D eigenvalue weighted by molar-refractivity contribution is 0.260. The minimum Gasteiger partial charge on any atom is -0.329 e. The summed E-state index contributed by atoms with van der Waals surface area (Å²) in [5, 5.41) is 5.82. The summed E-state index contributed by atoms with van der Waals surface area (Å²) in [5.41, 5.74) is 9.81. The third-order valence-electron chi connectivity index (χ3n) is 4.07. The second kappa shape index (κ2) is 7.26. The first kappa shape index (κ1) is 15.5. The summed E-state index contributed by atoms with van der Waals surface area (Å²) in [6.07, 6.45) is 0.928. The van der Waals surface area contributed by atoms with Crippen LogP contribution in [-0.4, -0.2) is 30.6 Å². The van der Waals surface area contributed by atoms with Crippen molar-refractivity contribution in [1.29, 1.82) is 0 Å². The highest BCUT2D eigenvalue weighted by Crippen LogP contribution is 2.26. The van der Waals surface area contributed by atoms with E-state index in [0.29, 0.717) is 6.54 Å². The van der Waals surface area contributed by atoms with Crippen molar-refractivity contribution in [2.75, 3.05) is 30.3 Å². The van der Waals surface area contributed by atoms with Gasteiger partial charge < -0.3 is 16.4 Å². The number of benzene rings is 2. The van der Waals surface area contributed by atoms with Crippen LogP contribution in [-0.2, 0) is 13.0 Å². The smallest absolute Gasteiger partial charge is 0.323 e. The number of nitrogens with zero attached hydrogens (tertiary/aromatic N) is 1. The Morgan fingerprint density at radius 1 is 1.09 bits per heavy atom. The normalized spacial score (nSPS) is 14.1. The summed E-state index contributed by atoms with van der Waals surface area (Å²) in [6.45, 7) is 3.45. The van der Waals surface area contributed by atoms with Crippen LogP contribution < -0.4 is 16.4 Å². The molecule has 0 saturated carbocycles. The van der Waals surface area contributed by atoms with E-state index >= 15 is 0 Å². The van der Waals surface area contributed by atoms with Crippen LogP contribution in [0.5, 0.6) is 0 Å². The molecular weight excluding hydrogens is 288 g/mol. The van der Waals surface area contributed by atoms with Crippen LogP contribution in [0.25, 0.3) is 0 Å². The monoisotopic (exact) mass is 310 g/mol. The Hall–Kier alpha value is -2.37. The summed E-state index contributed by atoms with van der Waals surface area (Å²) in [5.74, 6) is 0. The molecule has 0 spiro atoms. The molecule has 0 unspecified atom stereocenters. The van der Waals surface area contributed by atoms with E-state index in [4.69, 9.17) is 5.73 Å². The van der Waals surface area contributed by atoms with Crippen LogP contribution in [0.4, 0.5) is 16.2 Å². The van der Waals surface area contributed by atoms with Gasteiger partial charge in [-0.1, -0.05) is 30.3 Å². The number of carbonyl (C=O) groups excluding carboxylic acids is 1. The topological polar surface area (TPSA) is 70.4 Å². The Kier molecular flexibility index (Phi) is 4.90. The third kappa shape index (κ3) is 3.88. The van der Waals surface area contributed by atoms with E-state index in [9.17, 15) is 4.79 Å². The van der Waals surface area contributed by atoms with Gasteiger partial charge in [0.15, 0.2) is 0 Å². The van der Waals surface area contributed by atoms with Crippen molar-refractivity contribution >= 4 is 17.4 Å². The number of para-hydroxylation sites is 1. The lowest BCUT2D eigenvalue weighted by atomic mass is 9.98. The van der Waals surface area contributed by atoms with Gasteiger partial charge in [0.2, 0.25) is 0 Å². The number of hydrogen-bond donors (Lipinski definition) is 3. The average Bonchev–Trinajstić information content (AvgIpc) is 2.56. The second-order valence-corrected chi connectivity index (χ2v) is 5.70. The Bertz CT molecular complexity index is 672. The number of nitrogens with two attached hydrogens (primary N) is 1. The lowest BCUT2D eigenvalue weighted by Crippen LogP contribution is -2.35. The zero-order chi connectivity index (χ0) is 16.1. The Morgan fingerprint density at radius 2 is 1.91 bits per heavy atom. The molecule has 1 aliphatic heterocycles. The minimum absolute atomic E-state index is 0.214. The molecule has 0 saturated heterocycles. The van der Waals surface area contributed by atoms with Crippen LogP contribution in [0, 0.1) is 0 Å². The van der Waals surface area contributed by atoms with Crippen molar-refractivity contribution < 1.29 is 4.79 Å². The summed E-state index contributed by atoms with van der Waals surface area (Å²) in [4.78, 5) is 14.5. The maximum Gasteiger partial charge on any atom is 0.323 e. The van der Waals surface area contributed by atoms with Gasteiger partial charge in [0.05, 0.1) is 0 Å². The number of nitrogens with one attached hydrogen (secondary N) is 2. The Labute approximate surface area is 136 Å². The van der Waals surface area contributed by atoms with E-state index in [0.717, 1.165) is 37.4 Å². The minimum atomic E-state index is -0.214. The molecule has 0 aliphatic carbocycles. The Morgan fingerprint density at radius 3 is 2.70 bits per heavy atom. The van der Waals surface area contributed by atoms with Crippen molar-refractivity contribution in [3.63, 3.8) is 0 Å². The highest BCUT2D eigenvalue weighted by molar-refractivity contribution is 6.00. The van der Waals surface area contributed by atoms with Gasteiger partial charge in [0, 0.05) is 37.6 Å². The van der Waals surface area contributed by atoms with E-state index in [-0.39, 0.29) is 6.03 Å². The summed E-state index contributed by atoms with van der Waals surface area (Å²) < 4.78 is 0. The molecule has 4 N–H and O–H groups in total. The second-order valence-electron chi connectivity index (χ2n) is 5.70. The molecule has 2 amide bonds. The summed E-state index contributed by atoms with van der Waals surface area (Å²) in [7, 11) is 0. The lowest BCUT2D eigenvalue weighted by Gasteiger charge is -2.29. The van der Waals surface area contributed by atoms with E-state index in [1.165, 1.54) is 11.1 Å². The van der Waals surface area contributed by atoms with Crippen LogP contribution in [0.3, 0.4) is 0 Å². The molecule has 0 atom stereocenters. The Balaban J connectivity index is 1.69. The molecular formula is C18H22N4O. The van der Waals surface area contributed by atoms with Gasteiger partial charge in [-0.25, -0.2) is 4.79 Å². The first-order valence-electron chi connectivity index (χ1n) is 7.92. The third-order valence-corrected chi connectivity index (χ3v) is 4.07. The van der Waals surface area contributed by atoms with Gasteiger partial charge in [0.25, 0.3) is 0 Å². The van der Waals surface area contributed by atoms with Crippen LogP contribution >= 0.6 is 0 Å². The highest BCUT2D eigenvalue weighted by atomic mass is 16.2. The quantitative estimate of drug-likeness (QED) is 0.813. The summed E-state index contributed by atoms with van der Waals surface area (Å²) >= 11 is 0. The average molecular weight is 310 g/mol. The molecule has 3 rings (SSSR count). The zero-order valence-electron chi connectivity index (χ0n) is 13.1. The molecule has 2 aromatic carbocycles. The highest BCUT2D eigenvalue weighted by Gasteiger charge is 2.18. The predicted molar refractivity (Wildman–Crippen MR) is 93.6 cm³/mol. The van der Waals surface area contributed by atoms with E-state index in [1.807, 2.05) is 42.5 Å². The molecule has 5 nitrogen and oxygen atoms in total. The number of rotatable bonds is 4. The maximum absolute atomic E-state index is 12.2. The van der Waals surface area contributed by atoms with Crippen molar-refractivity contribution in [2.24, 2.45) is 5.73 Å². The van der Waals surface area contributed by atoms with E-state index in [1.54, 1.807) is 0 Å². The molecule has 5 heteroatoms. The number of hydrogen-bond acceptors (Lipinski definition) is 3. The molecule has 0 radical (unpaired) electrons. The molecule has 0 aromatic heterocycles. The number of carbonyl (C=O) groups is 1. The van der Waals surface area contributed by atoms with Gasteiger partial charge in [-0.3, -0.25) is 4.90 Å². The SMILES string of the molecule is NCCN1CCc2c(cccc2NC(=O)Nc2ccccc2)C1. The number of fused-ring (bicyclic) bond motifs is 1.